The summed E-state index contributed by atoms with van der Waals surface area (Å²) in [5.41, 5.74) is -0.459. The first-order chi connectivity index (χ1) is 7.85. The van der Waals surface area contributed by atoms with Crippen LogP contribution < -0.4 is 10.6 Å². The van der Waals surface area contributed by atoms with Gasteiger partial charge in [0.1, 0.15) is 5.60 Å². The van der Waals surface area contributed by atoms with Gasteiger partial charge in [-0.25, -0.2) is 4.79 Å². The fourth-order valence-corrected chi connectivity index (χ4v) is 2.47. The lowest BCUT2D eigenvalue weighted by molar-refractivity contribution is 0.0255. The predicted octanol–water partition coefficient (Wildman–Crippen LogP) is 1.03. The van der Waals surface area contributed by atoms with E-state index >= 15 is 0 Å². The molecule has 5 heteroatoms. The summed E-state index contributed by atoms with van der Waals surface area (Å²) < 4.78 is 11.0. The average Bonchev–Trinajstić information content (AvgIpc) is 2.63. The standard InChI is InChI=1S/C12H22N2O3/c1-7-5-8-10(16-7)9(6-13-8)14-11(15)17-12(2,3)4/h7-10,13H,5-6H2,1-4H3,(H,14,15). The van der Waals surface area contributed by atoms with Gasteiger partial charge in [0.05, 0.1) is 18.2 Å². The minimum Gasteiger partial charge on any atom is -0.444 e. The maximum atomic E-state index is 11.7. The predicted molar refractivity (Wildman–Crippen MR) is 63.9 cm³/mol. The normalized spacial score (nSPS) is 36.7. The maximum absolute atomic E-state index is 11.7. The van der Waals surface area contributed by atoms with Crippen LogP contribution in [0.4, 0.5) is 4.79 Å². The van der Waals surface area contributed by atoms with Crippen molar-refractivity contribution < 1.29 is 14.3 Å². The third-order valence-corrected chi connectivity index (χ3v) is 3.07. The lowest BCUT2D eigenvalue weighted by Crippen LogP contribution is -2.46. The van der Waals surface area contributed by atoms with Crippen molar-refractivity contribution in [3.05, 3.63) is 0 Å². The monoisotopic (exact) mass is 242 g/mol. The van der Waals surface area contributed by atoms with E-state index in [0.29, 0.717) is 6.04 Å². The first kappa shape index (κ1) is 12.6. The second-order valence-electron chi connectivity index (χ2n) is 5.91. The topological polar surface area (TPSA) is 59.6 Å². The van der Waals surface area contributed by atoms with Gasteiger partial charge in [-0.2, -0.15) is 0 Å². The summed E-state index contributed by atoms with van der Waals surface area (Å²) in [4.78, 5) is 11.7. The van der Waals surface area contributed by atoms with E-state index in [-0.39, 0.29) is 24.3 Å². The van der Waals surface area contributed by atoms with Crippen molar-refractivity contribution in [2.24, 2.45) is 0 Å². The number of nitrogens with one attached hydrogen (secondary N) is 2. The Morgan fingerprint density at radius 3 is 2.82 bits per heavy atom. The second-order valence-corrected chi connectivity index (χ2v) is 5.91. The molecule has 0 aromatic carbocycles. The van der Waals surface area contributed by atoms with Crippen LogP contribution in [0.5, 0.6) is 0 Å². The number of hydrogen-bond donors (Lipinski definition) is 2. The fourth-order valence-electron chi connectivity index (χ4n) is 2.47. The van der Waals surface area contributed by atoms with Crippen LogP contribution in [0.1, 0.15) is 34.1 Å². The first-order valence-corrected chi connectivity index (χ1v) is 6.23. The molecule has 2 saturated heterocycles. The number of amides is 1. The van der Waals surface area contributed by atoms with E-state index in [1.54, 1.807) is 0 Å². The first-order valence-electron chi connectivity index (χ1n) is 6.23. The molecule has 0 radical (unpaired) electrons. The molecule has 0 aliphatic carbocycles. The molecule has 0 aromatic heterocycles. The van der Waals surface area contributed by atoms with Crippen LogP contribution in [0.3, 0.4) is 0 Å². The summed E-state index contributed by atoms with van der Waals surface area (Å²) in [5.74, 6) is 0. The molecule has 2 rings (SSSR count). The van der Waals surface area contributed by atoms with E-state index in [1.165, 1.54) is 0 Å². The van der Waals surface area contributed by atoms with Gasteiger partial charge in [0.15, 0.2) is 0 Å². The number of alkyl carbamates (subject to hydrolysis) is 1. The van der Waals surface area contributed by atoms with E-state index in [1.807, 2.05) is 20.8 Å². The molecule has 2 aliphatic rings. The van der Waals surface area contributed by atoms with Crippen LogP contribution in [0.2, 0.25) is 0 Å². The minimum atomic E-state index is -0.459. The highest BCUT2D eigenvalue weighted by atomic mass is 16.6. The zero-order chi connectivity index (χ0) is 12.6. The molecule has 4 unspecified atom stereocenters. The Morgan fingerprint density at radius 1 is 1.47 bits per heavy atom. The van der Waals surface area contributed by atoms with Crippen molar-refractivity contribution in [2.45, 2.75) is 64.0 Å². The van der Waals surface area contributed by atoms with Gasteiger partial charge in [-0.15, -0.1) is 0 Å². The molecule has 0 saturated carbocycles. The van der Waals surface area contributed by atoms with E-state index in [2.05, 4.69) is 17.6 Å². The average molecular weight is 242 g/mol. The molecule has 0 aromatic rings. The molecule has 2 aliphatic heterocycles. The van der Waals surface area contributed by atoms with Crippen molar-refractivity contribution >= 4 is 6.09 Å². The Kier molecular flexibility index (Phi) is 3.32. The van der Waals surface area contributed by atoms with Crippen molar-refractivity contribution in [3.63, 3.8) is 0 Å². The zero-order valence-electron chi connectivity index (χ0n) is 10.9. The lowest BCUT2D eigenvalue weighted by atomic mass is 10.1. The fraction of sp³-hybridized carbons (Fsp3) is 0.917. The van der Waals surface area contributed by atoms with Gasteiger partial charge in [-0.3, -0.25) is 0 Å². The smallest absolute Gasteiger partial charge is 0.408 e. The van der Waals surface area contributed by atoms with Gasteiger partial charge in [0.25, 0.3) is 0 Å². The maximum Gasteiger partial charge on any atom is 0.408 e. The Balaban J connectivity index is 1.86. The van der Waals surface area contributed by atoms with E-state index in [9.17, 15) is 4.79 Å². The molecule has 4 atom stereocenters. The molecule has 2 fully saturated rings. The van der Waals surface area contributed by atoms with Crippen molar-refractivity contribution in [3.8, 4) is 0 Å². The molecular weight excluding hydrogens is 220 g/mol. The summed E-state index contributed by atoms with van der Waals surface area (Å²) in [7, 11) is 0. The number of rotatable bonds is 1. The molecule has 98 valence electrons. The number of fused-ring (bicyclic) bond motifs is 1. The molecule has 2 heterocycles. The van der Waals surface area contributed by atoms with Gasteiger partial charge >= 0.3 is 6.09 Å². The van der Waals surface area contributed by atoms with Gasteiger partial charge in [-0.1, -0.05) is 0 Å². The van der Waals surface area contributed by atoms with Gasteiger partial charge in [-0.05, 0) is 34.1 Å². The second kappa shape index (κ2) is 4.46. The summed E-state index contributed by atoms with van der Waals surface area (Å²) in [5, 5.41) is 6.25. The highest BCUT2D eigenvalue weighted by molar-refractivity contribution is 5.68. The van der Waals surface area contributed by atoms with Gasteiger partial charge in [0.2, 0.25) is 0 Å². The van der Waals surface area contributed by atoms with Crippen molar-refractivity contribution in [1.82, 2.24) is 10.6 Å². The quantitative estimate of drug-likeness (QED) is 0.721. The summed E-state index contributed by atoms with van der Waals surface area (Å²) in [6.07, 6.45) is 0.989. The highest BCUT2D eigenvalue weighted by Gasteiger charge is 2.44. The molecule has 17 heavy (non-hydrogen) atoms. The van der Waals surface area contributed by atoms with Crippen LogP contribution in [-0.4, -0.2) is 42.5 Å². The van der Waals surface area contributed by atoms with Crippen LogP contribution in [0, 0.1) is 0 Å². The Labute approximate surface area is 102 Å². The Hall–Kier alpha value is -0.810. The van der Waals surface area contributed by atoms with Crippen LogP contribution in [-0.2, 0) is 9.47 Å². The number of carbonyl (C=O) groups is 1. The number of hydrogen-bond acceptors (Lipinski definition) is 4. The van der Waals surface area contributed by atoms with Crippen molar-refractivity contribution in [2.75, 3.05) is 6.54 Å². The van der Waals surface area contributed by atoms with Crippen LogP contribution in [0.15, 0.2) is 0 Å². The third-order valence-electron chi connectivity index (χ3n) is 3.07. The molecule has 1 amide bonds. The van der Waals surface area contributed by atoms with E-state index in [4.69, 9.17) is 9.47 Å². The Bertz CT molecular complexity index is 301. The number of ether oxygens (including phenoxy) is 2. The minimum absolute atomic E-state index is 0.0137. The summed E-state index contributed by atoms with van der Waals surface area (Å²) >= 11 is 0. The SMILES string of the molecule is CC1CC2NCC(NC(=O)OC(C)(C)C)C2O1. The van der Waals surface area contributed by atoms with E-state index in [0.717, 1.165) is 13.0 Å². The molecular formula is C12H22N2O3. The van der Waals surface area contributed by atoms with Crippen molar-refractivity contribution in [1.29, 1.82) is 0 Å². The largest absolute Gasteiger partial charge is 0.444 e. The summed E-state index contributed by atoms with van der Waals surface area (Å²) in [6, 6.07) is 0.379. The van der Waals surface area contributed by atoms with E-state index < -0.39 is 5.60 Å². The van der Waals surface area contributed by atoms with Gasteiger partial charge < -0.3 is 20.1 Å². The molecule has 2 N–H and O–H groups in total. The summed E-state index contributed by atoms with van der Waals surface area (Å²) in [6.45, 7) is 8.38. The molecule has 0 bridgehead atoms. The zero-order valence-corrected chi connectivity index (χ0v) is 10.9. The highest BCUT2D eigenvalue weighted by Crippen LogP contribution is 2.26. The lowest BCUT2D eigenvalue weighted by Gasteiger charge is -2.23. The van der Waals surface area contributed by atoms with Gasteiger partial charge in [0, 0.05) is 12.6 Å². The Morgan fingerprint density at radius 2 is 2.18 bits per heavy atom. The molecule has 0 spiro atoms. The number of carbonyl (C=O) groups excluding carboxylic acids is 1. The van der Waals surface area contributed by atoms with Crippen LogP contribution in [0.25, 0.3) is 0 Å². The molecule has 5 nitrogen and oxygen atoms in total. The van der Waals surface area contributed by atoms with Crippen LogP contribution >= 0.6 is 0 Å². The third kappa shape index (κ3) is 3.10.